The monoisotopic (exact) mass is 1570 g/mol. The van der Waals surface area contributed by atoms with E-state index in [9.17, 15) is 14.4 Å². The number of halogens is 3. The summed E-state index contributed by atoms with van der Waals surface area (Å²) in [4.78, 5) is 54.5. The van der Waals surface area contributed by atoms with Gasteiger partial charge >= 0.3 is 5.97 Å². The molecule has 0 radical (unpaired) electrons. The Balaban J connectivity index is 0.000000200. The van der Waals surface area contributed by atoms with Gasteiger partial charge in [0.25, 0.3) is 11.8 Å². The first-order valence-corrected chi connectivity index (χ1v) is 31.5. The van der Waals surface area contributed by atoms with Gasteiger partial charge in [0, 0.05) is 36.9 Å². The molecule has 12 aromatic rings. The third-order valence-electron chi connectivity index (χ3n) is 14.6. The number of nitrogens with one attached hydrogen (secondary N) is 5. The normalized spacial score (nSPS) is 10.2. The molecule has 0 unspecified atom stereocenters. The van der Waals surface area contributed by atoms with E-state index in [4.69, 9.17) is 5.84 Å². The average Bonchev–Trinajstić information content (AvgIpc) is 2.38. The molecule has 6 aromatic heterocycles. The number of carbonyl (C=O) groups excluding carboxylic acids is 3. The lowest BCUT2D eigenvalue weighted by Crippen LogP contribution is -3.00. The van der Waals surface area contributed by atoms with Crippen molar-refractivity contribution >= 4 is 90.5 Å². The molecule has 476 valence electrons. The summed E-state index contributed by atoms with van der Waals surface area (Å²) in [5.41, 5.74) is 30.5. The smallest absolute Gasteiger partial charge is 0.325 e. The molecule has 92 heavy (non-hydrogen) atoms. The predicted molar refractivity (Wildman–Crippen MR) is 364 cm³/mol. The van der Waals surface area contributed by atoms with Gasteiger partial charge in [0.15, 0.2) is 30.0 Å². The zero-order chi connectivity index (χ0) is 63.3. The van der Waals surface area contributed by atoms with Crippen molar-refractivity contribution in [1.82, 2.24) is 44.5 Å². The van der Waals surface area contributed by atoms with Crippen molar-refractivity contribution in [1.29, 1.82) is 0 Å². The second kappa shape index (κ2) is 38.7. The summed E-state index contributed by atoms with van der Waals surface area (Å²) in [6, 6.07) is 60.0. The van der Waals surface area contributed by atoms with Crippen molar-refractivity contribution < 1.29 is 76.2 Å². The number of hydrazine groups is 3. The van der Waals surface area contributed by atoms with E-state index in [1.807, 2.05) is 208 Å². The van der Waals surface area contributed by atoms with Crippen molar-refractivity contribution in [3.05, 3.63) is 272 Å². The molecule has 2 amide bonds. The fourth-order valence-corrected chi connectivity index (χ4v) is 9.84. The summed E-state index contributed by atoms with van der Waals surface area (Å²) in [6.45, 7) is 0.654. The number of hydrogen-bond donors (Lipinski definition) is 6. The van der Waals surface area contributed by atoms with Gasteiger partial charge in [-0.05, 0) is 156 Å². The Labute approximate surface area is 584 Å². The first-order chi connectivity index (χ1) is 44.1. The third-order valence-corrected chi connectivity index (χ3v) is 14.6. The van der Waals surface area contributed by atoms with Gasteiger partial charge in [-0.15, -0.1) is 0 Å². The first-order valence-electron chi connectivity index (χ1n) is 29.3. The number of aromatic nitrogens is 9. The lowest BCUT2D eigenvalue weighted by molar-refractivity contribution is -0.671. The molecule has 7 N–H and O–H groups in total. The highest BCUT2D eigenvalue weighted by molar-refractivity contribution is 14.1. The van der Waals surface area contributed by atoms with Gasteiger partial charge in [-0.2, -0.15) is 0 Å². The minimum absolute atomic E-state index is 0. The second-order valence-corrected chi connectivity index (χ2v) is 20.7. The fraction of sp³-hybridized carbons (Fsp3) is 0.186. The molecule has 19 nitrogen and oxygen atoms in total. The Morgan fingerprint density at radius 3 is 1.35 bits per heavy atom. The molecule has 0 fully saturated rings. The molecule has 0 atom stereocenters. The lowest BCUT2D eigenvalue weighted by Gasteiger charge is -2.13. The summed E-state index contributed by atoms with van der Waals surface area (Å²) >= 11 is 2.15. The molecule has 0 spiro atoms. The van der Waals surface area contributed by atoms with Crippen LogP contribution < -0.4 is 90.1 Å². The van der Waals surface area contributed by atoms with E-state index in [0.717, 1.165) is 94.3 Å². The number of para-hydroxylation sites is 9. The van der Waals surface area contributed by atoms with Crippen LogP contribution in [0.15, 0.2) is 238 Å². The summed E-state index contributed by atoms with van der Waals surface area (Å²) in [5.74, 6) is 4.96. The maximum atomic E-state index is 12.6. The number of alkyl halides is 1. The number of carbonyl (C=O) groups is 3. The van der Waals surface area contributed by atoms with E-state index in [-0.39, 0.29) is 85.4 Å². The van der Waals surface area contributed by atoms with E-state index >= 15 is 0 Å². The molecule has 22 heteroatoms. The Morgan fingerprint density at radius 1 is 0.478 bits per heavy atom. The van der Waals surface area contributed by atoms with Gasteiger partial charge in [-0.25, -0.2) is 23.7 Å². The number of ether oxygens (including phenoxy) is 1. The minimum Gasteiger partial charge on any atom is -1.00 e. The van der Waals surface area contributed by atoms with E-state index in [2.05, 4.69) is 117 Å². The van der Waals surface area contributed by atoms with Gasteiger partial charge in [0.1, 0.15) is 20.1 Å². The van der Waals surface area contributed by atoms with Crippen LogP contribution in [0, 0.1) is 0 Å². The zero-order valence-corrected chi connectivity index (χ0v) is 58.2. The van der Waals surface area contributed by atoms with Crippen LogP contribution in [0.2, 0.25) is 0 Å². The second-order valence-electron chi connectivity index (χ2n) is 20.7. The van der Waals surface area contributed by atoms with Crippen molar-refractivity contribution in [2.75, 3.05) is 28.3 Å². The van der Waals surface area contributed by atoms with Gasteiger partial charge in [0.05, 0.1) is 65.9 Å². The number of anilines is 3. The van der Waals surface area contributed by atoms with Crippen molar-refractivity contribution in [3.63, 3.8) is 0 Å². The fourth-order valence-electron chi connectivity index (χ4n) is 9.84. The number of aryl methyl sites for hydroxylation is 8. The SMILES string of the molecule is CI.COC(=O)Cn1cnc2ccccc21.C[n+]1ccc(CCc2ccccc2NNC(=O)Cn2c[n+](C)c3ccccc32)cc1.NNc1ccccc1CCc1ccncc1.O=C(Cn1cnc2ccccc21)NNc1ccccc1CCc1ccncc1.[I-].[I-]. The molecular formula is C70H76I3N15O4. The Bertz CT molecular complexity index is 4190. The van der Waals surface area contributed by atoms with E-state index in [1.54, 1.807) is 29.6 Å². The Kier molecular flexibility index (Phi) is 30.4. The van der Waals surface area contributed by atoms with Crippen LogP contribution in [0.3, 0.4) is 0 Å². The minimum atomic E-state index is -0.270. The van der Waals surface area contributed by atoms with Gasteiger partial charge < -0.3 is 67.3 Å². The molecule has 0 saturated heterocycles. The summed E-state index contributed by atoms with van der Waals surface area (Å²) in [5, 5.41) is 0. The molecule has 0 aliphatic rings. The van der Waals surface area contributed by atoms with Gasteiger partial charge in [0.2, 0.25) is 6.33 Å². The van der Waals surface area contributed by atoms with E-state index in [1.165, 1.54) is 34.9 Å². The highest BCUT2D eigenvalue weighted by Gasteiger charge is 2.16. The lowest BCUT2D eigenvalue weighted by atomic mass is 10.0. The number of benzene rings is 6. The van der Waals surface area contributed by atoms with Crippen LogP contribution >= 0.6 is 22.6 Å². The number of esters is 1. The van der Waals surface area contributed by atoms with Crippen LogP contribution in [-0.2, 0) is 91.4 Å². The number of methoxy groups -OCH3 is 1. The number of imidazole rings is 3. The van der Waals surface area contributed by atoms with Crippen LogP contribution in [-0.4, -0.2) is 63.5 Å². The predicted octanol–water partition coefficient (Wildman–Crippen LogP) is 4.00. The largest absolute Gasteiger partial charge is 1.00 e. The molecule has 12 rings (SSSR count). The quantitative estimate of drug-likeness (QED) is 0.0159. The highest BCUT2D eigenvalue weighted by Crippen LogP contribution is 2.20. The molecular weight excluding hydrogens is 1500 g/mol. The van der Waals surface area contributed by atoms with Crippen LogP contribution in [0.1, 0.15) is 33.4 Å². The van der Waals surface area contributed by atoms with Crippen molar-refractivity contribution in [2.45, 2.75) is 58.2 Å². The van der Waals surface area contributed by atoms with Crippen LogP contribution in [0.4, 0.5) is 17.1 Å². The Morgan fingerprint density at radius 2 is 0.870 bits per heavy atom. The number of nitrogens with zero attached hydrogens (tertiary/aromatic N) is 9. The number of amides is 2. The molecule has 0 bridgehead atoms. The molecule has 0 aliphatic carbocycles. The number of fused-ring (bicyclic) bond motifs is 3. The van der Waals surface area contributed by atoms with Crippen molar-refractivity contribution in [3.8, 4) is 0 Å². The molecule has 0 saturated carbocycles. The zero-order valence-electron chi connectivity index (χ0n) is 51.7. The first kappa shape index (κ1) is 72.2. The van der Waals surface area contributed by atoms with E-state index < -0.39 is 0 Å². The summed E-state index contributed by atoms with van der Waals surface area (Å²) < 4.78 is 14.2. The number of hydrogen-bond acceptors (Lipinski definition) is 12. The Hall–Kier alpha value is -8.86. The summed E-state index contributed by atoms with van der Waals surface area (Å²) in [6.07, 6.45) is 22.2. The molecule has 0 aliphatic heterocycles. The third kappa shape index (κ3) is 21.9. The van der Waals surface area contributed by atoms with Crippen LogP contribution in [0.5, 0.6) is 0 Å². The number of nitrogens with two attached hydrogens (primary N) is 1. The van der Waals surface area contributed by atoms with Crippen LogP contribution in [0.25, 0.3) is 33.1 Å². The van der Waals surface area contributed by atoms with E-state index in [0.29, 0.717) is 0 Å². The average molecular weight is 1570 g/mol. The van der Waals surface area contributed by atoms with Gasteiger partial charge in [-0.1, -0.05) is 114 Å². The topological polar surface area (TPSA) is 221 Å². The maximum Gasteiger partial charge on any atom is 0.325 e. The standard InChI is InChI=1S/C24H26N5O.C22H21N5O.C13H15N3.C10H10N2O2.CH3I.2HI/c1-27-15-13-19(14-16-27)11-12-20-7-3-4-8-21(20)25-26-24(30)17-29-18-28(2)22-9-5-6-10-23(22)29;28-22(15-27-16-24-20-7-3-4-8-21(20)27)26-25-19-6-2-1-5-18(19)10-9-17-11-13-23-14-12-17;14-16-13-4-2-1-3-12(13)6-5-11-7-9-15-10-8-11;1-14-10(13)6-12-7-11-8-4-2-3-5-9(8)12;1-2;;/h3-10,13-16,18,25H,11-12,17H2,1-2H3;1-8,11-14,16,25H,9-10,15H2,(H,26,28);1-4,7-10,16H,5-6,14H2;2-5,7H,6H2,1H3;1H3;2*1H/q+1;;;;;;/p-1. The molecule has 6 heterocycles. The number of nitrogen functional groups attached to an aromatic ring is 1. The molecule has 6 aromatic carbocycles. The van der Waals surface area contributed by atoms with Gasteiger partial charge in [-0.3, -0.25) is 51.9 Å². The summed E-state index contributed by atoms with van der Waals surface area (Å²) in [7, 11) is 5.38. The van der Waals surface area contributed by atoms with Crippen molar-refractivity contribution in [2.24, 2.45) is 19.9 Å². The number of rotatable bonds is 20. The highest BCUT2D eigenvalue weighted by atomic mass is 127. The maximum absolute atomic E-state index is 12.6. The number of pyridine rings is 3.